The summed E-state index contributed by atoms with van der Waals surface area (Å²) in [6.45, 7) is 1.53. The molecule has 1 aliphatic heterocycles. The van der Waals surface area contributed by atoms with Gasteiger partial charge in [0.2, 0.25) is 0 Å². The third kappa shape index (κ3) is 4.46. The van der Waals surface area contributed by atoms with Gasteiger partial charge in [-0.25, -0.2) is 4.79 Å². The number of aliphatic carboxylic acids is 1. The molecule has 1 aromatic rings. The van der Waals surface area contributed by atoms with Gasteiger partial charge in [-0.3, -0.25) is 9.69 Å². The Labute approximate surface area is 124 Å². The van der Waals surface area contributed by atoms with E-state index in [0.717, 1.165) is 25.9 Å². The summed E-state index contributed by atoms with van der Waals surface area (Å²) in [7, 11) is 2.05. The largest absolute Gasteiger partial charge is 0.480 e. The molecular weight excluding hydrogens is 270 g/mol. The van der Waals surface area contributed by atoms with E-state index in [1.165, 1.54) is 4.90 Å². The van der Waals surface area contributed by atoms with Crippen molar-refractivity contribution in [3.8, 4) is 0 Å². The fourth-order valence-corrected chi connectivity index (χ4v) is 2.43. The molecule has 0 bridgehead atoms. The molecule has 2 N–H and O–H groups in total. The average Bonchev–Trinajstić information content (AvgIpc) is 2.48. The molecule has 2 amide bonds. The van der Waals surface area contributed by atoms with Gasteiger partial charge in [0, 0.05) is 11.7 Å². The maximum absolute atomic E-state index is 12.4. The number of rotatable bonds is 4. The fourth-order valence-electron chi connectivity index (χ4n) is 2.43. The third-order valence-corrected chi connectivity index (χ3v) is 3.65. The van der Waals surface area contributed by atoms with Gasteiger partial charge in [0.15, 0.2) is 0 Å². The molecule has 1 aliphatic rings. The second-order valence-corrected chi connectivity index (χ2v) is 5.34. The maximum atomic E-state index is 12.4. The fraction of sp³-hybridized carbons (Fsp3) is 0.467. The summed E-state index contributed by atoms with van der Waals surface area (Å²) in [4.78, 5) is 26.8. The Hall–Kier alpha value is -2.08. The van der Waals surface area contributed by atoms with E-state index >= 15 is 0 Å². The van der Waals surface area contributed by atoms with Crippen molar-refractivity contribution < 1.29 is 14.7 Å². The number of urea groups is 1. The quantitative estimate of drug-likeness (QED) is 0.879. The van der Waals surface area contributed by atoms with Gasteiger partial charge in [0.25, 0.3) is 0 Å². The summed E-state index contributed by atoms with van der Waals surface area (Å²) < 4.78 is 0. The van der Waals surface area contributed by atoms with Crippen LogP contribution in [0.15, 0.2) is 30.3 Å². The Bertz CT molecular complexity index is 484. The van der Waals surface area contributed by atoms with Crippen LogP contribution in [0, 0.1) is 0 Å². The van der Waals surface area contributed by atoms with Crippen LogP contribution in [-0.4, -0.2) is 54.7 Å². The molecule has 1 aromatic carbocycles. The lowest BCUT2D eigenvalue weighted by molar-refractivity contribution is -0.135. The number of anilines is 1. The predicted molar refractivity (Wildman–Crippen MR) is 80.5 cm³/mol. The van der Waals surface area contributed by atoms with E-state index < -0.39 is 5.97 Å². The van der Waals surface area contributed by atoms with Crippen LogP contribution in [0.1, 0.15) is 12.8 Å². The van der Waals surface area contributed by atoms with E-state index in [4.69, 9.17) is 5.11 Å². The summed E-state index contributed by atoms with van der Waals surface area (Å²) in [6, 6.07) is 8.62. The van der Waals surface area contributed by atoms with Crippen molar-refractivity contribution in [1.82, 2.24) is 10.2 Å². The Morgan fingerprint density at radius 3 is 2.48 bits per heavy atom. The molecule has 0 saturated carbocycles. The number of carbonyl (C=O) groups excluding carboxylic acids is 1. The number of nitrogens with one attached hydrogen (secondary N) is 1. The molecule has 1 heterocycles. The minimum atomic E-state index is -1.03. The van der Waals surface area contributed by atoms with E-state index in [2.05, 4.69) is 17.3 Å². The number of nitrogens with zero attached hydrogens (tertiary/aromatic N) is 2. The topological polar surface area (TPSA) is 72.9 Å². The Morgan fingerprint density at radius 1 is 1.29 bits per heavy atom. The standard InChI is InChI=1S/C15H21N3O3/c1-17-9-7-12(8-10-17)16-15(21)18(11-14(19)20)13-5-3-2-4-6-13/h2-6,12H,7-11H2,1H3,(H,16,21)(H,19,20). The molecule has 0 radical (unpaired) electrons. The molecule has 0 aliphatic carbocycles. The zero-order valence-electron chi connectivity index (χ0n) is 12.2. The van der Waals surface area contributed by atoms with Crippen LogP contribution >= 0.6 is 0 Å². The number of benzene rings is 1. The normalized spacial score (nSPS) is 16.4. The van der Waals surface area contributed by atoms with Gasteiger partial charge in [-0.05, 0) is 45.1 Å². The molecular formula is C15H21N3O3. The lowest BCUT2D eigenvalue weighted by atomic mass is 10.1. The highest BCUT2D eigenvalue weighted by molar-refractivity contribution is 5.96. The number of carbonyl (C=O) groups is 2. The summed E-state index contributed by atoms with van der Waals surface area (Å²) in [5, 5.41) is 11.9. The van der Waals surface area contributed by atoms with Gasteiger partial charge in [-0.15, -0.1) is 0 Å². The number of hydrogen-bond donors (Lipinski definition) is 2. The smallest absolute Gasteiger partial charge is 0.323 e. The number of carboxylic acids is 1. The van der Waals surface area contributed by atoms with Crippen LogP contribution in [0.2, 0.25) is 0 Å². The number of amides is 2. The van der Waals surface area contributed by atoms with Crippen molar-refractivity contribution in [1.29, 1.82) is 0 Å². The van der Waals surface area contributed by atoms with Crippen LogP contribution in [-0.2, 0) is 4.79 Å². The summed E-state index contributed by atoms with van der Waals surface area (Å²) in [5.74, 6) is -1.03. The first kappa shape index (κ1) is 15.3. The zero-order valence-corrected chi connectivity index (χ0v) is 12.2. The van der Waals surface area contributed by atoms with Gasteiger partial charge in [-0.1, -0.05) is 18.2 Å². The number of hydrogen-bond acceptors (Lipinski definition) is 3. The molecule has 1 fully saturated rings. The number of para-hydroxylation sites is 1. The minimum absolute atomic E-state index is 0.105. The van der Waals surface area contributed by atoms with Crippen LogP contribution < -0.4 is 10.2 Å². The van der Waals surface area contributed by atoms with Gasteiger partial charge in [-0.2, -0.15) is 0 Å². The van der Waals surface area contributed by atoms with Crippen LogP contribution in [0.25, 0.3) is 0 Å². The number of likely N-dealkylation sites (tertiary alicyclic amines) is 1. The van der Waals surface area contributed by atoms with Gasteiger partial charge < -0.3 is 15.3 Å². The van der Waals surface area contributed by atoms with Crippen LogP contribution in [0.3, 0.4) is 0 Å². The third-order valence-electron chi connectivity index (χ3n) is 3.65. The molecule has 1 saturated heterocycles. The molecule has 6 heteroatoms. The second kappa shape index (κ2) is 7.08. The Kier molecular flexibility index (Phi) is 5.16. The highest BCUT2D eigenvalue weighted by Gasteiger charge is 2.23. The summed E-state index contributed by atoms with van der Waals surface area (Å²) in [5.41, 5.74) is 0.588. The van der Waals surface area contributed by atoms with E-state index in [-0.39, 0.29) is 18.6 Å². The van der Waals surface area contributed by atoms with Crippen molar-refractivity contribution in [2.45, 2.75) is 18.9 Å². The van der Waals surface area contributed by atoms with Crippen LogP contribution in [0.4, 0.5) is 10.5 Å². The molecule has 21 heavy (non-hydrogen) atoms. The van der Waals surface area contributed by atoms with E-state index in [9.17, 15) is 9.59 Å². The number of carboxylic acid groups (broad SMARTS) is 1. The molecule has 0 spiro atoms. The SMILES string of the molecule is CN1CCC(NC(=O)N(CC(=O)O)c2ccccc2)CC1. The molecule has 6 nitrogen and oxygen atoms in total. The summed E-state index contributed by atoms with van der Waals surface area (Å²) >= 11 is 0. The Morgan fingerprint density at radius 2 is 1.90 bits per heavy atom. The van der Waals surface area contributed by atoms with Crippen molar-refractivity contribution in [3.05, 3.63) is 30.3 Å². The Balaban J connectivity index is 2.02. The van der Waals surface area contributed by atoms with Crippen molar-refractivity contribution in [2.24, 2.45) is 0 Å². The monoisotopic (exact) mass is 291 g/mol. The van der Waals surface area contributed by atoms with Crippen molar-refractivity contribution in [3.63, 3.8) is 0 Å². The first-order valence-electron chi connectivity index (χ1n) is 7.09. The molecule has 114 valence electrons. The first-order valence-corrected chi connectivity index (χ1v) is 7.09. The predicted octanol–water partition coefficient (Wildman–Crippen LogP) is 1.38. The minimum Gasteiger partial charge on any atom is -0.480 e. The summed E-state index contributed by atoms with van der Waals surface area (Å²) in [6.07, 6.45) is 1.77. The molecule has 0 atom stereocenters. The van der Waals surface area contributed by atoms with Crippen LogP contribution in [0.5, 0.6) is 0 Å². The zero-order chi connectivity index (χ0) is 15.2. The molecule has 0 aromatic heterocycles. The highest BCUT2D eigenvalue weighted by Crippen LogP contribution is 2.15. The van der Waals surface area contributed by atoms with Gasteiger partial charge in [0.1, 0.15) is 6.54 Å². The van der Waals surface area contributed by atoms with Crippen molar-refractivity contribution >= 4 is 17.7 Å². The second-order valence-electron chi connectivity index (χ2n) is 5.34. The first-order chi connectivity index (χ1) is 10.1. The highest BCUT2D eigenvalue weighted by atomic mass is 16.4. The number of piperidine rings is 1. The molecule has 2 rings (SSSR count). The maximum Gasteiger partial charge on any atom is 0.323 e. The van der Waals surface area contributed by atoms with Gasteiger partial charge in [0.05, 0.1) is 0 Å². The van der Waals surface area contributed by atoms with Gasteiger partial charge >= 0.3 is 12.0 Å². The van der Waals surface area contributed by atoms with E-state index in [1.54, 1.807) is 24.3 Å². The van der Waals surface area contributed by atoms with E-state index in [1.807, 2.05) is 6.07 Å². The average molecular weight is 291 g/mol. The molecule has 0 unspecified atom stereocenters. The lowest BCUT2D eigenvalue weighted by Crippen LogP contribution is -2.50. The lowest BCUT2D eigenvalue weighted by Gasteiger charge is -2.31. The van der Waals surface area contributed by atoms with E-state index in [0.29, 0.717) is 5.69 Å². The van der Waals surface area contributed by atoms with Crippen molar-refractivity contribution in [2.75, 3.05) is 31.6 Å².